The van der Waals surface area contributed by atoms with Gasteiger partial charge < -0.3 is 15.3 Å². The maximum Gasteiger partial charge on any atom is 0.323 e. The van der Waals surface area contributed by atoms with Gasteiger partial charge in [0.05, 0.1) is 33.1 Å². The van der Waals surface area contributed by atoms with E-state index in [9.17, 15) is 9.59 Å². The molecule has 0 radical (unpaired) electrons. The third-order valence-corrected chi connectivity index (χ3v) is 4.90. The van der Waals surface area contributed by atoms with Crippen molar-refractivity contribution in [2.75, 3.05) is 5.32 Å². The number of nitrogens with one attached hydrogen (secondary N) is 3. The van der Waals surface area contributed by atoms with Crippen LogP contribution in [0.2, 0.25) is 5.02 Å². The third kappa shape index (κ3) is 3.13. The highest BCUT2D eigenvalue weighted by Gasteiger charge is 2.12. The van der Waals surface area contributed by atoms with E-state index in [0.717, 1.165) is 17.1 Å². The molecule has 1 amide bonds. The van der Waals surface area contributed by atoms with Gasteiger partial charge in [-0.05, 0) is 56.3 Å². The van der Waals surface area contributed by atoms with Crippen LogP contribution in [0.3, 0.4) is 0 Å². The predicted octanol–water partition coefficient (Wildman–Crippen LogP) is 3.56. The number of rotatable bonds is 3. The summed E-state index contributed by atoms with van der Waals surface area (Å²) in [6, 6.07) is 12.3. The van der Waals surface area contributed by atoms with Crippen LogP contribution >= 0.6 is 11.6 Å². The first-order chi connectivity index (χ1) is 12.9. The number of aromatic nitrogens is 4. The topological polar surface area (TPSA) is 95.6 Å². The van der Waals surface area contributed by atoms with E-state index in [4.69, 9.17) is 11.6 Å². The van der Waals surface area contributed by atoms with Crippen molar-refractivity contribution in [3.8, 4) is 5.69 Å². The Morgan fingerprint density at radius 3 is 2.44 bits per heavy atom. The number of imidazole rings is 1. The van der Waals surface area contributed by atoms with Gasteiger partial charge in [0.15, 0.2) is 0 Å². The van der Waals surface area contributed by atoms with Crippen LogP contribution in [0.4, 0.5) is 5.69 Å². The van der Waals surface area contributed by atoms with Gasteiger partial charge in [-0.2, -0.15) is 5.10 Å². The molecular formula is C19H16ClN5O2. The molecule has 0 saturated carbocycles. The number of carbonyl (C=O) groups excluding carboxylic acids is 1. The van der Waals surface area contributed by atoms with Crippen LogP contribution in [0.1, 0.15) is 21.7 Å². The highest BCUT2D eigenvalue weighted by molar-refractivity contribution is 6.31. The Hall–Kier alpha value is -3.32. The average Bonchev–Trinajstić information content (AvgIpc) is 3.15. The molecule has 2 aromatic heterocycles. The smallest absolute Gasteiger partial charge is 0.322 e. The van der Waals surface area contributed by atoms with Gasteiger partial charge in [-0.3, -0.25) is 4.79 Å². The zero-order chi connectivity index (χ0) is 19.1. The standard InChI is InChI=1S/C19H16ClN5O2/c1-10-17(20)11(2)25(24-10)14-6-3-12(4-7-14)18(26)21-13-5-8-15-16(9-13)23-19(27)22-15/h3-9H,1-2H3,(H,21,26)(H2,22,23,27). The van der Waals surface area contributed by atoms with Crippen LogP contribution in [0.25, 0.3) is 16.7 Å². The number of fused-ring (bicyclic) bond motifs is 1. The summed E-state index contributed by atoms with van der Waals surface area (Å²) < 4.78 is 1.75. The van der Waals surface area contributed by atoms with Crippen LogP contribution in [0.15, 0.2) is 47.3 Å². The highest BCUT2D eigenvalue weighted by atomic mass is 35.5. The van der Waals surface area contributed by atoms with E-state index in [1.807, 2.05) is 26.0 Å². The first kappa shape index (κ1) is 17.1. The minimum atomic E-state index is -0.284. The molecular weight excluding hydrogens is 366 g/mol. The van der Waals surface area contributed by atoms with Crippen molar-refractivity contribution in [3.63, 3.8) is 0 Å². The van der Waals surface area contributed by atoms with Gasteiger partial charge in [0.1, 0.15) is 0 Å². The predicted molar refractivity (Wildman–Crippen MR) is 105 cm³/mol. The Morgan fingerprint density at radius 2 is 1.78 bits per heavy atom. The first-order valence-electron chi connectivity index (χ1n) is 8.28. The molecule has 0 bridgehead atoms. The number of nitrogens with zero attached hydrogens (tertiary/aromatic N) is 2. The van der Waals surface area contributed by atoms with E-state index in [1.54, 1.807) is 35.0 Å². The van der Waals surface area contributed by atoms with E-state index in [2.05, 4.69) is 20.4 Å². The first-order valence-corrected chi connectivity index (χ1v) is 8.66. The maximum atomic E-state index is 12.5. The molecule has 27 heavy (non-hydrogen) atoms. The van der Waals surface area contributed by atoms with E-state index in [1.165, 1.54) is 0 Å². The number of halogens is 1. The molecule has 0 aliphatic carbocycles. The average molecular weight is 382 g/mol. The van der Waals surface area contributed by atoms with E-state index in [0.29, 0.717) is 27.3 Å². The number of benzene rings is 2. The van der Waals surface area contributed by atoms with Crippen molar-refractivity contribution >= 4 is 34.2 Å². The molecule has 2 aromatic carbocycles. The molecule has 8 heteroatoms. The van der Waals surface area contributed by atoms with Crippen LogP contribution in [-0.2, 0) is 0 Å². The summed E-state index contributed by atoms with van der Waals surface area (Å²) in [7, 11) is 0. The molecule has 0 spiro atoms. The second-order valence-corrected chi connectivity index (χ2v) is 6.62. The molecule has 3 N–H and O–H groups in total. The fraction of sp³-hybridized carbons (Fsp3) is 0.105. The number of carbonyl (C=O) groups is 1. The van der Waals surface area contributed by atoms with Crippen LogP contribution in [0, 0.1) is 13.8 Å². The molecule has 0 aliphatic heterocycles. The molecule has 0 fully saturated rings. The summed E-state index contributed by atoms with van der Waals surface area (Å²) >= 11 is 6.19. The van der Waals surface area contributed by atoms with Crippen molar-refractivity contribution in [3.05, 3.63) is 74.9 Å². The monoisotopic (exact) mass is 381 g/mol. The van der Waals surface area contributed by atoms with Gasteiger partial charge in [0.25, 0.3) is 5.91 Å². The molecule has 0 unspecified atom stereocenters. The van der Waals surface area contributed by atoms with Gasteiger partial charge in [-0.25, -0.2) is 9.48 Å². The minimum absolute atomic E-state index is 0.245. The Kier molecular flexibility index (Phi) is 4.08. The molecule has 4 rings (SSSR count). The molecule has 2 heterocycles. The number of aromatic amines is 2. The van der Waals surface area contributed by atoms with E-state index in [-0.39, 0.29) is 11.6 Å². The number of aryl methyl sites for hydroxylation is 1. The zero-order valence-corrected chi connectivity index (χ0v) is 15.4. The lowest BCUT2D eigenvalue weighted by Gasteiger charge is -2.08. The number of hydrogen-bond donors (Lipinski definition) is 3. The van der Waals surface area contributed by atoms with E-state index >= 15 is 0 Å². The summed E-state index contributed by atoms with van der Waals surface area (Å²) in [5, 5.41) is 7.86. The van der Waals surface area contributed by atoms with E-state index < -0.39 is 0 Å². The lowest BCUT2D eigenvalue weighted by Crippen LogP contribution is -2.12. The third-order valence-electron chi connectivity index (χ3n) is 4.35. The van der Waals surface area contributed by atoms with Gasteiger partial charge in [-0.15, -0.1) is 0 Å². The number of amides is 1. The van der Waals surface area contributed by atoms with Crippen LogP contribution < -0.4 is 11.0 Å². The van der Waals surface area contributed by atoms with Crippen molar-refractivity contribution in [1.82, 2.24) is 19.7 Å². The number of anilines is 1. The van der Waals surface area contributed by atoms with Gasteiger partial charge in [0, 0.05) is 11.3 Å². The summed E-state index contributed by atoms with van der Waals surface area (Å²) in [6.07, 6.45) is 0. The SMILES string of the molecule is Cc1nn(-c2ccc(C(=O)Nc3ccc4[nH]c(=O)[nH]c4c3)cc2)c(C)c1Cl. The van der Waals surface area contributed by atoms with Crippen molar-refractivity contribution in [2.24, 2.45) is 0 Å². The lowest BCUT2D eigenvalue weighted by molar-refractivity contribution is 0.102. The quantitative estimate of drug-likeness (QED) is 0.506. The second-order valence-electron chi connectivity index (χ2n) is 6.24. The molecule has 0 atom stereocenters. The summed E-state index contributed by atoms with van der Waals surface area (Å²) in [5.74, 6) is -0.245. The Morgan fingerprint density at radius 1 is 1.07 bits per heavy atom. The maximum absolute atomic E-state index is 12.5. The van der Waals surface area contributed by atoms with Gasteiger partial charge >= 0.3 is 5.69 Å². The van der Waals surface area contributed by atoms with Gasteiger partial charge in [0.2, 0.25) is 0 Å². The fourth-order valence-electron chi connectivity index (χ4n) is 2.94. The van der Waals surface area contributed by atoms with Gasteiger partial charge in [-0.1, -0.05) is 11.6 Å². The molecule has 0 aliphatic rings. The Balaban J connectivity index is 1.56. The summed E-state index contributed by atoms with van der Waals surface area (Å²) in [5.41, 5.74) is 4.57. The summed E-state index contributed by atoms with van der Waals surface area (Å²) in [6.45, 7) is 3.74. The second kappa shape index (κ2) is 6.44. The number of H-pyrrole nitrogens is 2. The van der Waals surface area contributed by atoms with Crippen molar-refractivity contribution in [1.29, 1.82) is 0 Å². The molecule has 136 valence electrons. The number of hydrogen-bond acceptors (Lipinski definition) is 3. The minimum Gasteiger partial charge on any atom is -0.322 e. The molecule has 7 nitrogen and oxygen atoms in total. The Labute approximate surface area is 159 Å². The lowest BCUT2D eigenvalue weighted by atomic mass is 10.2. The molecule has 4 aromatic rings. The fourth-order valence-corrected chi connectivity index (χ4v) is 3.06. The van der Waals surface area contributed by atoms with Crippen molar-refractivity contribution in [2.45, 2.75) is 13.8 Å². The van der Waals surface area contributed by atoms with Crippen molar-refractivity contribution < 1.29 is 4.79 Å². The zero-order valence-electron chi connectivity index (χ0n) is 14.6. The van der Waals surface area contributed by atoms with Crippen LogP contribution in [0.5, 0.6) is 0 Å². The largest absolute Gasteiger partial charge is 0.323 e. The highest BCUT2D eigenvalue weighted by Crippen LogP contribution is 2.23. The Bertz CT molecular complexity index is 1220. The summed E-state index contributed by atoms with van der Waals surface area (Å²) in [4.78, 5) is 29.1. The normalized spacial score (nSPS) is 11.1. The van der Waals surface area contributed by atoms with Crippen LogP contribution in [-0.4, -0.2) is 25.7 Å². The molecule has 0 saturated heterocycles.